The summed E-state index contributed by atoms with van der Waals surface area (Å²) in [6.07, 6.45) is 63.9. The number of rotatable bonds is 55. The lowest BCUT2D eigenvalue weighted by atomic mass is 10.0. The number of hydrogen-bond donors (Lipinski definition) is 2. The van der Waals surface area contributed by atoms with Crippen LogP contribution in [-0.2, 0) is 27.9 Å². The Kier molecular flexibility index (Phi) is 50.9. The van der Waals surface area contributed by atoms with Crippen LogP contribution in [0.1, 0.15) is 284 Å². The van der Waals surface area contributed by atoms with Crippen molar-refractivity contribution in [1.29, 1.82) is 0 Å². The minimum atomic E-state index is -4.45. The van der Waals surface area contributed by atoms with Crippen molar-refractivity contribution >= 4 is 19.7 Å². The molecule has 2 N–H and O–H groups in total. The SMILES string of the molecule is CC/C=C/C/C=C/C/C=C/CCCCCCC(=O)OC(/C=C/CCCCCCCCCCCCC)C(COP(=O)(O)OCC[N+](C)(C)C)NC(=O)CCCCCCCCCCCCCCCCCCCCC. The van der Waals surface area contributed by atoms with E-state index >= 15 is 0 Å². The summed E-state index contributed by atoms with van der Waals surface area (Å²) in [6, 6.07) is -0.854. The highest BCUT2D eigenvalue weighted by atomic mass is 31.2. The van der Waals surface area contributed by atoms with E-state index < -0.39 is 20.0 Å². The van der Waals surface area contributed by atoms with E-state index in [4.69, 9.17) is 13.8 Å². The summed E-state index contributed by atoms with van der Waals surface area (Å²) in [6.45, 7) is 6.91. The number of nitrogens with zero attached hydrogens (tertiary/aromatic N) is 1. The smallest absolute Gasteiger partial charge is 0.456 e. The second kappa shape index (κ2) is 52.4. The molecular formula is C62H118N2O7P+. The van der Waals surface area contributed by atoms with Crippen LogP contribution >= 0.6 is 7.82 Å². The second-order valence-corrected chi connectivity index (χ2v) is 23.3. The maximum absolute atomic E-state index is 13.5. The highest BCUT2D eigenvalue weighted by Crippen LogP contribution is 2.43. The van der Waals surface area contributed by atoms with E-state index in [1.165, 1.54) is 161 Å². The van der Waals surface area contributed by atoms with E-state index in [0.717, 1.165) is 83.5 Å². The monoisotopic (exact) mass is 1030 g/mol. The van der Waals surface area contributed by atoms with Crippen molar-refractivity contribution in [2.24, 2.45) is 0 Å². The van der Waals surface area contributed by atoms with Crippen molar-refractivity contribution in [1.82, 2.24) is 5.32 Å². The third-order valence-corrected chi connectivity index (χ3v) is 14.5. The van der Waals surface area contributed by atoms with Crippen molar-refractivity contribution < 1.29 is 37.3 Å². The van der Waals surface area contributed by atoms with E-state index in [9.17, 15) is 19.0 Å². The van der Waals surface area contributed by atoms with Crippen LogP contribution in [0.3, 0.4) is 0 Å². The van der Waals surface area contributed by atoms with Gasteiger partial charge in [-0.15, -0.1) is 0 Å². The molecular weight excluding hydrogens is 916 g/mol. The molecule has 3 unspecified atom stereocenters. The highest BCUT2D eigenvalue weighted by molar-refractivity contribution is 7.47. The largest absolute Gasteiger partial charge is 0.472 e. The Hall–Kier alpha value is -2.03. The van der Waals surface area contributed by atoms with Gasteiger partial charge in [0, 0.05) is 12.8 Å². The lowest BCUT2D eigenvalue weighted by Crippen LogP contribution is -2.47. The molecule has 0 fully saturated rings. The van der Waals surface area contributed by atoms with Crippen molar-refractivity contribution in [2.75, 3.05) is 40.9 Å². The molecule has 0 aromatic rings. The van der Waals surface area contributed by atoms with Gasteiger partial charge in [0.05, 0.1) is 33.8 Å². The first-order valence-electron chi connectivity index (χ1n) is 30.5. The molecule has 0 rings (SSSR count). The van der Waals surface area contributed by atoms with Gasteiger partial charge in [0.2, 0.25) is 5.91 Å². The summed E-state index contributed by atoms with van der Waals surface area (Å²) in [7, 11) is 1.49. The summed E-state index contributed by atoms with van der Waals surface area (Å²) in [5.74, 6) is -0.521. The van der Waals surface area contributed by atoms with Crippen molar-refractivity contribution in [2.45, 2.75) is 296 Å². The standard InChI is InChI=1S/C62H117N2O7P/c1-7-10-13-16-19-22-25-28-30-31-32-33-34-36-39-42-45-48-51-54-61(65)63-59(58-70-72(67,68)69-57-56-64(4,5)6)60(53-50-47-44-41-38-35-27-24-21-18-15-12-9-3)71-62(66)55-52-49-46-43-40-37-29-26-23-20-17-14-11-8-2/h11,14,20,23,29,37,50,53,59-60H,7-10,12-13,15-19,21-22,24-28,30-36,38-49,51-52,54-58H2,1-6H3,(H-,63,65,67,68)/p+1/b14-11+,23-20+,37-29+,53-50+. The molecule has 10 heteroatoms. The molecule has 0 spiro atoms. The molecule has 0 heterocycles. The first-order valence-corrected chi connectivity index (χ1v) is 32.0. The van der Waals surface area contributed by atoms with Gasteiger partial charge in [-0.1, -0.05) is 256 Å². The zero-order valence-electron chi connectivity index (χ0n) is 48.2. The van der Waals surface area contributed by atoms with Gasteiger partial charge in [-0.2, -0.15) is 0 Å². The average Bonchev–Trinajstić information content (AvgIpc) is 3.34. The van der Waals surface area contributed by atoms with Crippen LogP contribution in [0.2, 0.25) is 0 Å². The van der Waals surface area contributed by atoms with E-state index in [1.54, 1.807) is 0 Å². The lowest BCUT2D eigenvalue weighted by Gasteiger charge is -2.27. The molecule has 0 bridgehead atoms. The van der Waals surface area contributed by atoms with Gasteiger partial charge >= 0.3 is 13.8 Å². The number of unbranched alkanes of at least 4 members (excludes halogenated alkanes) is 33. The molecule has 422 valence electrons. The van der Waals surface area contributed by atoms with Crippen LogP contribution in [0.15, 0.2) is 48.6 Å². The number of allylic oxidation sites excluding steroid dienone is 7. The Bertz CT molecular complexity index is 1380. The Balaban J connectivity index is 5.28. The van der Waals surface area contributed by atoms with Crippen LogP contribution in [0.25, 0.3) is 0 Å². The molecule has 3 atom stereocenters. The predicted molar refractivity (Wildman–Crippen MR) is 309 cm³/mol. The van der Waals surface area contributed by atoms with Crippen molar-refractivity contribution in [3.63, 3.8) is 0 Å². The third-order valence-electron chi connectivity index (χ3n) is 13.5. The van der Waals surface area contributed by atoms with Crippen LogP contribution in [0.5, 0.6) is 0 Å². The predicted octanol–water partition coefficient (Wildman–Crippen LogP) is 18.5. The molecule has 0 saturated carbocycles. The van der Waals surface area contributed by atoms with Gasteiger partial charge in [-0.25, -0.2) is 4.57 Å². The van der Waals surface area contributed by atoms with Gasteiger partial charge < -0.3 is 19.4 Å². The summed E-state index contributed by atoms with van der Waals surface area (Å²) < 4.78 is 30.7. The molecule has 72 heavy (non-hydrogen) atoms. The summed E-state index contributed by atoms with van der Waals surface area (Å²) in [5, 5.41) is 3.05. The molecule has 0 radical (unpaired) electrons. The average molecular weight is 1030 g/mol. The van der Waals surface area contributed by atoms with Crippen LogP contribution in [-0.4, -0.2) is 74.3 Å². The normalized spacial score (nSPS) is 14.0. The van der Waals surface area contributed by atoms with Crippen LogP contribution in [0, 0.1) is 0 Å². The summed E-state index contributed by atoms with van der Waals surface area (Å²) in [4.78, 5) is 37.7. The number of hydrogen-bond acceptors (Lipinski definition) is 6. The number of phosphoric ester groups is 1. The summed E-state index contributed by atoms with van der Waals surface area (Å²) >= 11 is 0. The highest BCUT2D eigenvalue weighted by Gasteiger charge is 2.30. The van der Waals surface area contributed by atoms with E-state index in [1.807, 2.05) is 33.3 Å². The lowest BCUT2D eigenvalue weighted by molar-refractivity contribution is -0.870. The maximum Gasteiger partial charge on any atom is 0.472 e. The zero-order valence-corrected chi connectivity index (χ0v) is 49.1. The molecule has 9 nitrogen and oxygen atoms in total. The number of likely N-dealkylation sites (N-methyl/N-ethyl adjacent to an activating group) is 1. The quantitative estimate of drug-likeness (QED) is 0.0205. The number of esters is 1. The minimum absolute atomic E-state index is 0.0375. The van der Waals surface area contributed by atoms with Gasteiger partial charge in [-0.05, 0) is 63.9 Å². The Morgan fingerprint density at radius 1 is 0.500 bits per heavy atom. The van der Waals surface area contributed by atoms with Gasteiger partial charge in [-0.3, -0.25) is 18.6 Å². The van der Waals surface area contributed by atoms with E-state index in [-0.39, 0.29) is 31.5 Å². The number of carbonyl (C=O) groups excluding carboxylic acids is 2. The zero-order chi connectivity index (χ0) is 52.9. The van der Waals surface area contributed by atoms with Crippen LogP contribution in [0.4, 0.5) is 0 Å². The number of carbonyl (C=O) groups is 2. The summed E-state index contributed by atoms with van der Waals surface area (Å²) in [5.41, 5.74) is 0. The molecule has 0 aliphatic carbocycles. The van der Waals surface area contributed by atoms with Crippen LogP contribution < -0.4 is 5.32 Å². The molecule has 0 aliphatic heterocycles. The minimum Gasteiger partial charge on any atom is -0.456 e. The van der Waals surface area contributed by atoms with E-state index in [0.29, 0.717) is 23.9 Å². The number of amides is 1. The first-order chi connectivity index (χ1) is 34.9. The number of quaternary nitrogens is 1. The molecule has 0 aromatic heterocycles. The fraction of sp³-hybridized carbons (Fsp3) is 0.839. The molecule has 0 aromatic carbocycles. The van der Waals surface area contributed by atoms with Gasteiger partial charge in [0.25, 0.3) is 0 Å². The van der Waals surface area contributed by atoms with Gasteiger partial charge in [0.1, 0.15) is 19.3 Å². The second-order valence-electron chi connectivity index (χ2n) is 21.9. The third kappa shape index (κ3) is 52.8. The fourth-order valence-corrected chi connectivity index (χ4v) is 9.57. The molecule has 0 saturated heterocycles. The number of nitrogens with one attached hydrogen (secondary N) is 1. The van der Waals surface area contributed by atoms with Crippen molar-refractivity contribution in [3.8, 4) is 0 Å². The fourth-order valence-electron chi connectivity index (χ4n) is 8.84. The Morgan fingerprint density at radius 2 is 0.889 bits per heavy atom. The number of ether oxygens (including phenoxy) is 1. The Morgan fingerprint density at radius 3 is 1.33 bits per heavy atom. The van der Waals surface area contributed by atoms with Gasteiger partial charge in [0.15, 0.2) is 0 Å². The first kappa shape index (κ1) is 70.0. The Labute approximate surface area is 446 Å². The molecule has 0 aliphatic rings. The van der Waals surface area contributed by atoms with Crippen molar-refractivity contribution in [3.05, 3.63) is 48.6 Å². The number of phosphoric acid groups is 1. The maximum atomic E-state index is 13.5. The molecule has 1 amide bonds. The van der Waals surface area contributed by atoms with E-state index in [2.05, 4.69) is 62.5 Å². The topological polar surface area (TPSA) is 111 Å².